The zero-order valence-corrected chi connectivity index (χ0v) is 11.1. The number of ether oxygens (including phenoxy) is 2. The molecule has 0 fully saturated rings. The highest BCUT2D eigenvalue weighted by molar-refractivity contribution is 5.86. The van der Waals surface area contributed by atoms with Crippen molar-refractivity contribution in [3.8, 4) is 5.75 Å². The molecule has 0 spiro atoms. The van der Waals surface area contributed by atoms with Crippen molar-refractivity contribution < 1.29 is 14.3 Å². The van der Waals surface area contributed by atoms with Gasteiger partial charge in [-0.05, 0) is 33.2 Å². The fourth-order valence-electron chi connectivity index (χ4n) is 1.21. The summed E-state index contributed by atoms with van der Waals surface area (Å²) in [6.07, 6.45) is -0.323. The summed E-state index contributed by atoms with van der Waals surface area (Å²) in [6.45, 7) is 5.31. The van der Waals surface area contributed by atoms with Crippen LogP contribution in [0.4, 0.5) is 0 Å². The SMILES string of the molecule is C=C(C)C(=O)OCC(Oc1ccccc1)N(C)C. The van der Waals surface area contributed by atoms with Crippen LogP contribution >= 0.6 is 0 Å². The summed E-state index contributed by atoms with van der Waals surface area (Å²) in [5.41, 5.74) is 0.382. The summed E-state index contributed by atoms with van der Waals surface area (Å²) in [5, 5.41) is 0. The molecule has 0 aliphatic rings. The number of carbonyl (C=O) groups is 1. The Morgan fingerprint density at radius 3 is 2.44 bits per heavy atom. The van der Waals surface area contributed by atoms with E-state index < -0.39 is 5.97 Å². The van der Waals surface area contributed by atoms with Gasteiger partial charge in [-0.25, -0.2) is 4.79 Å². The Hall–Kier alpha value is -1.81. The number of hydrogen-bond donors (Lipinski definition) is 0. The van der Waals surface area contributed by atoms with E-state index in [2.05, 4.69) is 6.58 Å². The van der Waals surface area contributed by atoms with Crippen LogP contribution in [0.2, 0.25) is 0 Å². The van der Waals surface area contributed by atoms with Crippen LogP contribution in [0.3, 0.4) is 0 Å². The van der Waals surface area contributed by atoms with Gasteiger partial charge in [-0.1, -0.05) is 24.8 Å². The molecular formula is C14H19NO3. The van der Waals surface area contributed by atoms with Crippen molar-refractivity contribution in [2.45, 2.75) is 13.2 Å². The molecule has 1 aromatic rings. The third kappa shape index (κ3) is 4.59. The molecule has 1 unspecified atom stereocenters. The molecule has 4 heteroatoms. The van der Waals surface area contributed by atoms with Gasteiger partial charge in [0.25, 0.3) is 0 Å². The highest BCUT2D eigenvalue weighted by Gasteiger charge is 2.16. The Balaban J connectivity index is 2.56. The molecule has 1 atom stereocenters. The van der Waals surface area contributed by atoms with Crippen molar-refractivity contribution in [1.29, 1.82) is 0 Å². The van der Waals surface area contributed by atoms with E-state index >= 15 is 0 Å². The third-order valence-corrected chi connectivity index (χ3v) is 2.30. The molecule has 0 heterocycles. The molecule has 0 aliphatic carbocycles. The Morgan fingerprint density at radius 2 is 1.94 bits per heavy atom. The lowest BCUT2D eigenvalue weighted by atomic mass is 10.3. The van der Waals surface area contributed by atoms with Crippen molar-refractivity contribution in [2.75, 3.05) is 20.7 Å². The minimum Gasteiger partial charge on any atom is -0.471 e. The number of hydrogen-bond acceptors (Lipinski definition) is 4. The quantitative estimate of drug-likeness (QED) is 0.439. The predicted molar refractivity (Wildman–Crippen MR) is 70.3 cm³/mol. The number of benzene rings is 1. The lowest BCUT2D eigenvalue weighted by Crippen LogP contribution is -2.38. The third-order valence-electron chi connectivity index (χ3n) is 2.30. The van der Waals surface area contributed by atoms with Crippen LogP contribution < -0.4 is 4.74 Å². The molecule has 0 radical (unpaired) electrons. The van der Waals surface area contributed by atoms with Gasteiger partial charge >= 0.3 is 5.97 Å². The second kappa shape index (κ2) is 6.81. The van der Waals surface area contributed by atoms with Gasteiger partial charge in [0.05, 0.1) is 0 Å². The lowest BCUT2D eigenvalue weighted by Gasteiger charge is -2.24. The van der Waals surface area contributed by atoms with Crippen LogP contribution in [0.25, 0.3) is 0 Å². The fourth-order valence-corrected chi connectivity index (χ4v) is 1.21. The van der Waals surface area contributed by atoms with Crippen LogP contribution in [-0.2, 0) is 9.53 Å². The van der Waals surface area contributed by atoms with Gasteiger partial charge in [-0.2, -0.15) is 0 Å². The summed E-state index contributed by atoms with van der Waals surface area (Å²) >= 11 is 0. The van der Waals surface area contributed by atoms with Gasteiger partial charge in [0.15, 0.2) is 6.23 Å². The average molecular weight is 249 g/mol. The zero-order chi connectivity index (χ0) is 13.5. The van der Waals surface area contributed by atoms with E-state index in [0.717, 1.165) is 5.75 Å². The number of para-hydroxylation sites is 1. The van der Waals surface area contributed by atoms with Gasteiger partial charge < -0.3 is 9.47 Å². The number of nitrogens with zero attached hydrogens (tertiary/aromatic N) is 1. The molecule has 0 saturated heterocycles. The van der Waals surface area contributed by atoms with E-state index in [0.29, 0.717) is 5.57 Å². The molecule has 0 bridgehead atoms. The monoisotopic (exact) mass is 249 g/mol. The predicted octanol–water partition coefficient (Wildman–Crippen LogP) is 2.07. The Labute approximate surface area is 108 Å². The summed E-state index contributed by atoms with van der Waals surface area (Å²) in [7, 11) is 3.73. The largest absolute Gasteiger partial charge is 0.471 e. The van der Waals surface area contributed by atoms with E-state index in [1.807, 2.05) is 49.3 Å². The zero-order valence-electron chi connectivity index (χ0n) is 11.1. The maximum Gasteiger partial charge on any atom is 0.333 e. The van der Waals surface area contributed by atoms with E-state index in [1.54, 1.807) is 6.92 Å². The van der Waals surface area contributed by atoms with E-state index in [4.69, 9.17) is 9.47 Å². The highest BCUT2D eigenvalue weighted by Crippen LogP contribution is 2.12. The molecule has 1 rings (SSSR count). The molecule has 98 valence electrons. The summed E-state index contributed by atoms with van der Waals surface area (Å²) in [5.74, 6) is 0.334. The summed E-state index contributed by atoms with van der Waals surface area (Å²) in [6, 6.07) is 9.41. The van der Waals surface area contributed by atoms with E-state index in [9.17, 15) is 4.79 Å². The van der Waals surface area contributed by atoms with Crippen LogP contribution in [0.15, 0.2) is 42.5 Å². The van der Waals surface area contributed by atoms with Crippen molar-refractivity contribution in [3.05, 3.63) is 42.5 Å². The second-order valence-electron chi connectivity index (χ2n) is 4.23. The van der Waals surface area contributed by atoms with Crippen molar-refractivity contribution >= 4 is 5.97 Å². The smallest absolute Gasteiger partial charge is 0.333 e. The molecule has 0 saturated carbocycles. The maximum absolute atomic E-state index is 11.3. The molecular weight excluding hydrogens is 230 g/mol. The first-order valence-electron chi connectivity index (χ1n) is 5.71. The molecule has 0 N–H and O–H groups in total. The van der Waals surface area contributed by atoms with Crippen LogP contribution in [0, 0.1) is 0 Å². The lowest BCUT2D eigenvalue weighted by molar-refractivity contribution is -0.144. The van der Waals surface area contributed by atoms with Gasteiger partial charge in [-0.3, -0.25) is 4.90 Å². The fraction of sp³-hybridized carbons (Fsp3) is 0.357. The molecule has 0 aliphatic heterocycles. The van der Waals surface area contributed by atoms with Crippen molar-refractivity contribution in [3.63, 3.8) is 0 Å². The van der Waals surface area contributed by atoms with Gasteiger partial charge in [0, 0.05) is 5.57 Å². The Morgan fingerprint density at radius 1 is 1.33 bits per heavy atom. The number of carbonyl (C=O) groups excluding carboxylic acids is 1. The van der Waals surface area contributed by atoms with Crippen molar-refractivity contribution in [1.82, 2.24) is 4.90 Å². The normalized spacial score (nSPS) is 12.0. The topological polar surface area (TPSA) is 38.8 Å². The van der Waals surface area contributed by atoms with Gasteiger partial charge in [-0.15, -0.1) is 0 Å². The van der Waals surface area contributed by atoms with Crippen LogP contribution in [-0.4, -0.2) is 37.8 Å². The molecule has 0 amide bonds. The van der Waals surface area contributed by atoms with Gasteiger partial charge in [0.2, 0.25) is 0 Å². The van der Waals surface area contributed by atoms with Crippen molar-refractivity contribution in [2.24, 2.45) is 0 Å². The molecule has 18 heavy (non-hydrogen) atoms. The van der Waals surface area contributed by atoms with E-state index in [1.165, 1.54) is 0 Å². The first kappa shape index (κ1) is 14.3. The number of likely N-dealkylation sites (N-methyl/N-ethyl adjacent to an activating group) is 1. The van der Waals surface area contributed by atoms with Crippen LogP contribution in [0.5, 0.6) is 5.75 Å². The Kier molecular flexibility index (Phi) is 5.39. The highest BCUT2D eigenvalue weighted by atomic mass is 16.6. The van der Waals surface area contributed by atoms with E-state index in [-0.39, 0.29) is 12.8 Å². The van der Waals surface area contributed by atoms with Crippen LogP contribution in [0.1, 0.15) is 6.92 Å². The first-order valence-corrected chi connectivity index (χ1v) is 5.71. The molecule has 0 aromatic heterocycles. The second-order valence-corrected chi connectivity index (χ2v) is 4.23. The maximum atomic E-state index is 11.3. The standard InChI is InChI=1S/C14H19NO3/c1-11(2)14(16)17-10-13(15(3)4)18-12-8-6-5-7-9-12/h5-9,13H,1,10H2,2-4H3. The molecule has 4 nitrogen and oxygen atoms in total. The minimum atomic E-state index is -0.404. The summed E-state index contributed by atoms with van der Waals surface area (Å²) < 4.78 is 10.8. The first-order chi connectivity index (χ1) is 8.50. The average Bonchev–Trinajstić information content (AvgIpc) is 2.34. The summed E-state index contributed by atoms with van der Waals surface area (Å²) in [4.78, 5) is 13.2. The number of esters is 1. The minimum absolute atomic E-state index is 0.160. The number of rotatable bonds is 6. The van der Waals surface area contributed by atoms with Gasteiger partial charge in [0.1, 0.15) is 12.4 Å². The molecule has 1 aromatic carbocycles. The Bertz CT molecular complexity index is 401.